The molecule has 0 saturated heterocycles. The lowest BCUT2D eigenvalue weighted by molar-refractivity contribution is -0.144. The maximum atomic E-state index is 12.4. The molecular formula is C13H15F3N6O. The molecule has 0 fully saturated rings. The maximum absolute atomic E-state index is 12.4. The number of alkyl halides is 3. The summed E-state index contributed by atoms with van der Waals surface area (Å²) in [5.74, 6) is 0.827. The van der Waals surface area contributed by atoms with E-state index < -0.39 is 23.7 Å². The van der Waals surface area contributed by atoms with Gasteiger partial charge in [-0.25, -0.2) is 4.98 Å². The molecule has 0 spiro atoms. The summed E-state index contributed by atoms with van der Waals surface area (Å²) in [6.45, 7) is 1.51. The van der Waals surface area contributed by atoms with Crippen molar-refractivity contribution < 1.29 is 18.0 Å². The van der Waals surface area contributed by atoms with Crippen molar-refractivity contribution in [1.29, 1.82) is 0 Å². The molecule has 1 unspecified atom stereocenters. The van der Waals surface area contributed by atoms with Crippen molar-refractivity contribution in [3.63, 3.8) is 0 Å². The van der Waals surface area contributed by atoms with Gasteiger partial charge in [-0.1, -0.05) is 0 Å². The molecule has 7 nitrogen and oxygen atoms in total. The Hall–Kier alpha value is -2.44. The first-order chi connectivity index (χ1) is 10.8. The number of nitrogens with zero attached hydrogens (tertiary/aromatic N) is 4. The second-order valence-corrected chi connectivity index (χ2v) is 5.22. The lowest BCUT2D eigenvalue weighted by Gasteiger charge is -2.12. The van der Waals surface area contributed by atoms with E-state index in [4.69, 9.17) is 6.42 Å². The Balaban J connectivity index is 1.81. The summed E-state index contributed by atoms with van der Waals surface area (Å²) >= 11 is 0. The third-order valence-electron chi connectivity index (χ3n) is 3.35. The predicted octanol–water partition coefficient (Wildman–Crippen LogP) is 2.36. The number of hydrogen-bond acceptors (Lipinski definition) is 5. The van der Waals surface area contributed by atoms with Crippen LogP contribution in [0.5, 0.6) is 0 Å². The van der Waals surface area contributed by atoms with Crippen molar-refractivity contribution in [2.75, 3.05) is 0 Å². The van der Waals surface area contributed by atoms with Crippen molar-refractivity contribution in [3.8, 4) is 12.3 Å². The monoisotopic (exact) mass is 328 g/mol. The van der Waals surface area contributed by atoms with Gasteiger partial charge in [-0.05, 0) is 6.92 Å². The number of halogens is 3. The first-order valence-electron chi connectivity index (χ1n) is 6.92. The first-order valence-corrected chi connectivity index (χ1v) is 6.92. The molecule has 2 rings (SSSR count). The van der Waals surface area contributed by atoms with E-state index in [9.17, 15) is 18.0 Å². The zero-order valence-electron chi connectivity index (χ0n) is 12.3. The minimum atomic E-state index is -4.63. The highest BCUT2D eigenvalue weighted by Gasteiger charge is 2.39. The van der Waals surface area contributed by atoms with Crippen LogP contribution < -0.4 is 5.32 Å². The van der Waals surface area contributed by atoms with Gasteiger partial charge in [0.15, 0.2) is 5.66 Å². The fraction of sp³-hybridized carbons (Fsp3) is 0.615. The van der Waals surface area contributed by atoms with Crippen molar-refractivity contribution in [1.82, 2.24) is 20.5 Å². The smallest absolute Gasteiger partial charge is 0.346 e. The first kappa shape index (κ1) is 16.9. The van der Waals surface area contributed by atoms with Gasteiger partial charge in [0.2, 0.25) is 5.91 Å². The molecule has 0 saturated carbocycles. The molecule has 0 aliphatic carbocycles. The van der Waals surface area contributed by atoms with Gasteiger partial charge in [0.1, 0.15) is 5.82 Å². The van der Waals surface area contributed by atoms with Crippen LogP contribution in [0, 0.1) is 12.3 Å². The summed E-state index contributed by atoms with van der Waals surface area (Å²) in [5.41, 5.74) is -0.567. The number of H-pyrrole nitrogens is 1. The van der Waals surface area contributed by atoms with Crippen molar-refractivity contribution in [2.45, 2.75) is 50.5 Å². The Kier molecular flexibility index (Phi) is 4.68. The van der Waals surface area contributed by atoms with E-state index in [-0.39, 0.29) is 18.2 Å². The minimum Gasteiger partial charge on any atom is -0.346 e. The van der Waals surface area contributed by atoms with E-state index in [0.717, 1.165) is 0 Å². The molecule has 1 aliphatic rings. The van der Waals surface area contributed by atoms with E-state index in [0.29, 0.717) is 19.3 Å². The molecule has 23 heavy (non-hydrogen) atoms. The number of terminal acetylenes is 1. The number of rotatable bonds is 7. The minimum absolute atomic E-state index is 0.0616. The van der Waals surface area contributed by atoms with Gasteiger partial charge in [0, 0.05) is 25.7 Å². The zero-order valence-corrected chi connectivity index (χ0v) is 12.3. The molecule has 1 aromatic heterocycles. The number of aromatic nitrogens is 3. The third-order valence-corrected chi connectivity index (χ3v) is 3.35. The highest BCUT2D eigenvalue weighted by molar-refractivity contribution is 5.76. The quantitative estimate of drug-likeness (QED) is 0.752. The van der Waals surface area contributed by atoms with Crippen LogP contribution in [0.3, 0.4) is 0 Å². The molecule has 0 bridgehead atoms. The number of amides is 1. The molecule has 1 amide bonds. The zero-order chi connectivity index (χ0) is 17.1. The second kappa shape index (κ2) is 6.36. The van der Waals surface area contributed by atoms with Crippen LogP contribution >= 0.6 is 0 Å². The van der Waals surface area contributed by atoms with Gasteiger partial charge in [0.25, 0.3) is 5.82 Å². The fourth-order valence-electron chi connectivity index (χ4n) is 1.96. The number of nitrogens with one attached hydrogen (secondary N) is 2. The molecule has 1 aliphatic heterocycles. The van der Waals surface area contributed by atoms with Crippen LogP contribution in [0.15, 0.2) is 10.2 Å². The molecule has 1 atom stereocenters. The van der Waals surface area contributed by atoms with Gasteiger partial charge in [-0.2, -0.15) is 23.4 Å². The Bertz CT molecular complexity index is 639. The van der Waals surface area contributed by atoms with Gasteiger partial charge < -0.3 is 5.32 Å². The van der Waals surface area contributed by atoms with Crippen molar-refractivity contribution in [2.24, 2.45) is 10.2 Å². The Morgan fingerprint density at radius 1 is 1.43 bits per heavy atom. The summed E-state index contributed by atoms with van der Waals surface area (Å²) < 4.78 is 37.3. The van der Waals surface area contributed by atoms with Crippen LogP contribution in [0.2, 0.25) is 0 Å². The average molecular weight is 328 g/mol. The molecule has 1 aromatic rings. The summed E-state index contributed by atoms with van der Waals surface area (Å²) in [4.78, 5) is 15.2. The topological polar surface area (TPSA) is 95.4 Å². The molecule has 10 heteroatoms. The molecule has 2 heterocycles. The van der Waals surface area contributed by atoms with E-state index in [1.165, 1.54) is 6.92 Å². The van der Waals surface area contributed by atoms with E-state index >= 15 is 0 Å². The summed E-state index contributed by atoms with van der Waals surface area (Å²) in [5, 5.41) is 15.6. The summed E-state index contributed by atoms with van der Waals surface area (Å²) in [6.07, 6.45) is 2.20. The average Bonchev–Trinajstić information content (AvgIpc) is 3.05. The predicted molar refractivity (Wildman–Crippen MR) is 72.8 cm³/mol. The third kappa shape index (κ3) is 4.51. The highest BCUT2D eigenvalue weighted by Crippen LogP contribution is 2.37. The normalized spacial score (nSPS) is 16.7. The highest BCUT2D eigenvalue weighted by atomic mass is 19.4. The maximum Gasteiger partial charge on any atom is 0.453 e. The summed E-state index contributed by atoms with van der Waals surface area (Å²) in [7, 11) is 0. The second-order valence-electron chi connectivity index (χ2n) is 5.22. The molecule has 0 aromatic carbocycles. The van der Waals surface area contributed by atoms with Gasteiger partial charge in [0.05, 0.1) is 6.04 Å². The lowest BCUT2D eigenvalue weighted by atomic mass is 10.0. The Morgan fingerprint density at radius 3 is 2.65 bits per heavy atom. The Morgan fingerprint density at radius 2 is 2.13 bits per heavy atom. The lowest BCUT2D eigenvalue weighted by Crippen LogP contribution is -2.28. The number of carbonyl (C=O) groups is 1. The van der Waals surface area contributed by atoms with E-state index in [1.54, 1.807) is 0 Å². The number of aromatic amines is 1. The van der Waals surface area contributed by atoms with Gasteiger partial charge >= 0.3 is 6.18 Å². The van der Waals surface area contributed by atoms with E-state index in [2.05, 4.69) is 36.6 Å². The standard InChI is InChI=1S/C13H15F3N6O/c1-3-4-6-12(21-22-12)7-5-9(23)17-8(2)10-18-11(20-19-10)13(14,15)16/h1,8H,4-7H2,2H3,(H,17,23)(H,18,19,20). The molecule has 124 valence electrons. The summed E-state index contributed by atoms with van der Waals surface area (Å²) in [6, 6.07) is -0.721. The number of carbonyl (C=O) groups excluding carboxylic acids is 1. The van der Waals surface area contributed by atoms with Crippen LogP contribution in [0.1, 0.15) is 50.3 Å². The molecule has 2 N–H and O–H groups in total. The van der Waals surface area contributed by atoms with Crippen LogP contribution in [-0.4, -0.2) is 26.8 Å². The largest absolute Gasteiger partial charge is 0.453 e. The number of hydrogen-bond donors (Lipinski definition) is 2. The van der Waals surface area contributed by atoms with Crippen molar-refractivity contribution in [3.05, 3.63) is 11.6 Å². The van der Waals surface area contributed by atoms with Gasteiger partial charge in [-0.3, -0.25) is 9.89 Å². The molecular weight excluding hydrogens is 313 g/mol. The van der Waals surface area contributed by atoms with Crippen LogP contribution in [0.4, 0.5) is 13.2 Å². The Labute approximate surface area is 130 Å². The SMILES string of the molecule is C#CCCC1(CCC(=O)NC(C)c2nc(C(F)(F)F)n[nH]2)N=N1. The van der Waals surface area contributed by atoms with E-state index in [1.807, 2.05) is 0 Å². The van der Waals surface area contributed by atoms with Crippen molar-refractivity contribution >= 4 is 5.91 Å². The van der Waals surface area contributed by atoms with Gasteiger partial charge in [-0.15, -0.1) is 17.4 Å². The van der Waals surface area contributed by atoms with Crippen LogP contribution in [-0.2, 0) is 11.0 Å². The van der Waals surface area contributed by atoms with Crippen LogP contribution in [0.25, 0.3) is 0 Å². The fourth-order valence-corrected chi connectivity index (χ4v) is 1.96. The molecule has 0 radical (unpaired) electrons.